The summed E-state index contributed by atoms with van der Waals surface area (Å²) in [5, 5.41) is 2.85. The average Bonchev–Trinajstić information content (AvgIpc) is 2.92. The van der Waals surface area contributed by atoms with Gasteiger partial charge in [-0.2, -0.15) is 0 Å². The summed E-state index contributed by atoms with van der Waals surface area (Å²) in [4.78, 5) is 15.8. The topological polar surface area (TPSA) is 56.1 Å². The van der Waals surface area contributed by atoms with E-state index in [4.69, 9.17) is 4.74 Å². The Morgan fingerprint density at radius 2 is 2.26 bits per heavy atom. The van der Waals surface area contributed by atoms with E-state index in [0.717, 1.165) is 13.0 Å². The van der Waals surface area contributed by atoms with Crippen molar-refractivity contribution in [3.05, 3.63) is 43.0 Å². The molecule has 5 nitrogen and oxygen atoms in total. The summed E-state index contributed by atoms with van der Waals surface area (Å²) >= 11 is 0. The average molecular weight is 259 g/mol. The van der Waals surface area contributed by atoms with Crippen LogP contribution >= 0.6 is 0 Å². The van der Waals surface area contributed by atoms with Crippen molar-refractivity contribution in [2.24, 2.45) is 0 Å². The smallest absolute Gasteiger partial charge is 0.224 e. The first-order valence-corrected chi connectivity index (χ1v) is 6.18. The summed E-state index contributed by atoms with van der Waals surface area (Å²) in [6, 6.07) is 7.38. The van der Waals surface area contributed by atoms with Crippen LogP contribution in [0.5, 0.6) is 5.75 Å². The summed E-state index contributed by atoms with van der Waals surface area (Å²) in [5.41, 5.74) is 0.706. The summed E-state index contributed by atoms with van der Waals surface area (Å²) in [6.45, 7) is 0.791. The standard InChI is InChI=1S/C14H17N3O2/c1-19-13-6-3-2-5-12(13)16-14(18)7-4-9-17-10-8-15-11-17/h2-3,5-6,8,10-11H,4,7,9H2,1H3,(H,16,18). The highest BCUT2D eigenvalue weighted by Crippen LogP contribution is 2.23. The molecule has 0 fully saturated rings. The number of hydrogen-bond acceptors (Lipinski definition) is 3. The Hall–Kier alpha value is -2.30. The fourth-order valence-electron chi connectivity index (χ4n) is 1.80. The Kier molecular flexibility index (Phi) is 4.55. The molecule has 0 aliphatic heterocycles. The number of amides is 1. The fraction of sp³-hybridized carbons (Fsp3) is 0.286. The Morgan fingerprint density at radius 3 is 3.00 bits per heavy atom. The number of aryl methyl sites for hydroxylation is 1. The monoisotopic (exact) mass is 259 g/mol. The van der Waals surface area contributed by atoms with Crippen LogP contribution in [-0.2, 0) is 11.3 Å². The number of hydrogen-bond donors (Lipinski definition) is 1. The van der Waals surface area contributed by atoms with E-state index in [1.165, 1.54) is 0 Å². The van der Waals surface area contributed by atoms with E-state index in [0.29, 0.717) is 17.9 Å². The lowest BCUT2D eigenvalue weighted by Gasteiger charge is -2.09. The predicted molar refractivity (Wildman–Crippen MR) is 73.1 cm³/mol. The second-order valence-electron chi connectivity index (χ2n) is 4.15. The third-order valence-corrected chi connectivity index (χ3v) is 2.76. The van der Waals surface area contributed by atoms with Crippen molar-refractivity contribution in [2.45, 2.75) is 19.4 Å². The van der Waals surface area contributed by atoms with Gasteiger partial charge in [0.05, 0.1) is 19.1 Å². The lowest BCUT2D eigenvalue weighted by Crippen LogP contribution is -2.12. The van der Waals surface area contributed by atoms with Crippen LogP contribution in [0.4, 0.5) is 5.69 Å². The first-order valence-electron chi connectivity index (χ1n) is 6.18. The highest BCUT2D eigenvalue weighted by Gasteiger charge is 2.06. The summed E-state index contributed by atoms with van der Waals surface area (Å²) < 4.78 is 7.14. The zero-order valence-corrected chi connectivity index (χ0v) is 10.9. The van der Waals surface area contributed by atoms with Crippen molar-refractivity contribution in [3.8, 4) is 5.75 Å². The molecule has 1 heterocycles. The highest BCUT2D eigenvalue weighted by atomic mass is 16.5. The van der Waals surface area contributed by atoms with Gasteiger partial charge in [0, 0.05) is 25.4 Å². The number of aromatic nitrogens is 2. The number of nitrogens with zero attached hydrogens (tertiary/aromatic N) is 2. The van der Waals surface area contributed by atoms with Gasteiger partial charge < -0.3 is 14.6 Å². The van der Waals surface area contributed by atoms with Gasteiger partial charge >= 0.3 is 0 Å². The Labute approximate surface area is 112 Å². The number of para-hydroxylation sites is 2. The van der Waals surface area contributed by atoms with E-state index in [-0.39, 0.29) is 5.91 Å². The third kappa shape index (κ3) is 3.84. The molecule has 0 aliphatic rings. The molecule has 1 aromatic carbocycles. The molecule has 100 valence electrons. The lowest BCUT2D eigenvalue weighted by molar-refractivity contribution is -0.116. The molecule has 19 heavy (non-hydrogen) atoms. The van der Waals surface area contributed by atoms with Gasteiger partial charge in [-0.15, -0.1) is 0 Å². The molecular weight excluding hydrogens is 242 g/mol. The van der Waals surface area contributed by atoms with E-state index < -0.39 is 0 Å². The SMILES string of the molecule is COc1ccccc1NC(=O)CCCn1ccnc1. The zero-order chi connectivity index (χ0) is 13.5. The third-order valence-electron chi connectivity index (χ3n) is 2.76. The van der Waals surface area contributed by atoms with Crippen molar-refractivity contribution >= 4 is 11.6 Å². The number of rotatable bonds is 6. The number of methoxy groups -OCH3 is 1. The lowest BCUT2D eigenvalue weighted by atomic mass is 10.2. The maximum atomic E-state index is 11.8. The number of ether oxygens (including phenoxy) is 1. The van der Waals surface area contributed by atoms with Crippen LogP contribution in [-0.4, -0.2) is 22.6 Å². The van der Waals surface area contributed by atoms with Crippen molar-refractivity contribution in [1.29, 1.82) is 0 Å². The molecule has 0 bridgehead atoms. The molecule has 0 saturated carbocycles. The molecule has 5 heteroatoms. The maximum absolute atomic E-state index is 11.8. The van der Waals surface area contributed by atoms with Crippen molar-refractivity contribution in [3.63, 3.8) is 0 Å². The van der Waals surface area contributed by atoms with Gasteiger partial charge in [-0.3, -0.25) is 4.79 Å². The molecule has 2 aromatic rings. The molecule has 0 aliphatic carbocycles. The zero-order valence-electron chi connectivity index (χ0n) is 10.9. The van der Waals surface area contributed by atoms with Crippen LogP contribution in [0, 0.1) is 0 Å². The Bertz CT molecular complexity index is 523. The molecule has 0 atom stereocenters. The van der Waals surface area contributed by atoms with Crippen LogP contribution in [0.25, 0.3) is 0 Å². The van der Waals surface area contributed by atoms with E-state index >= 15 is 0 Å². The number of benzene rings is 1. The summed E-state index contributed by atoms with van der Waals surface area (Å²) in [6.07, 6.45) is 6.61. The minimum atomic E-state index is -0.00962. The molecule has 2 rings (SSSR count). The molecule has 0 unspecified atom stereocenters. The number of carbonyl (C=O) groups is 1. The van der Waals surface area contributed by atoms with Gasteiger partial charge in [-0.05, 0) is 18.6 Å². The molecular formula is C14H17N3O2. The minimum Gasteiger partial charge on any atom is -0.495 e. The van der Waals surface area contributed by atoms with Crippen LogP contribution < -0.4 is 10.1 Å². The summed E-state index contributed by atoms with van der Waals surface area (Å²) in [7, 11) is 1.59. The van der Waals surface area contributed by atoms with E-state index in [1.807, 2.05) is 35.0 Å². The maximum Gasteiger partial charge on any atom is 0.224 e. The van der Waals surface area contributed by atoms with Gasteiger partial charge in [0.1, 0.15) is 5.75 Å². The van der Waals surface area contributed by atoms with Crippen molar-refractivity contribution < 1.29 is 9.53 Å². The molecule has 0 saturated heterocycles. The summed E-state index contributed by atoms with van der Waals surface area (Å²) in [5.74, 6) is 0.662. The van der Waals surface area contributed by atoms with Crippen molar-refractivity contribution in [2.75, 3.05) is 12.4 Å². The number of imidazole rings is 1. The van der Waals surface area contributed by atoms with Gasteiger partial charge in [0.15, 0.2) is 0 Å². The predicted octanol–water partition coefficient (Wildman–Crippen LogP) is 2.31. The number of nitrogens with one attached hydrogen (secondary N) is 1. The molecule has 1 amide bonds. The minimum absolute atomic E-state index is 0.00962. The van der Waals surface area contributed by atoms with Gasteiger partial charge in [0.2, 0.25) is 5.91 Å². The molecule has 1 aromatic heterocycles. The molecule has 1 N–H and O–H groups in total. The highest BCUT2D eigenvalue weighted by molar-refractivity contribution is 5.92. The second kappa shape index (κ2) is 6.58. The van der Waals surface area contributed by atoms with Crippen LogP contribution in [0.1, 0.15) is 12.8 Å². The quantitative estimate of drug-likeness (QED) is 0.866. The Balaban J connectivity index is 1.80. The van der Waals surface area contributed by atoms with Gasteiger partial charge in [0.25, 0.3) is 0 Å². The molecule has 0 spiro atoms. The van der Waals surface area contributed by atoms with Gasteiger partial charge in [-0.25, -0.2) is 4.98 Å². The number of carbonyl (C=O) groups excluding carboxylic acids is 1. The largest absolute Gasteiger partial charge is 0.495 e. The fourth-order valence-corrected chi connectivity index (χ4v) is 1.80. The first-order chi connectivity index (χ1) is 9.29. The van der Waals surface area contributed by atoms with Crippen LogP contribution in [0.2, 0.25) is 0 Å². The van der Waals surface area contributed by atoms with E-state index in [2.05, 4.69) is 10.3 Å². The van der Waals surface area contributed by atoms with E-state index in [1.54, 1.807) is 19.6 Å². The Morgan fingerprint density at radius 1 is 1.42 bits per heavy atom. The van der Waals surface area contributed by atoms with Crippen molar-refractivity contribution in [1.82, 2.24) is 9.55 Å². The molecule has 0 radical (unpaired) electrons. The second-order valence-corrected chi connectivity index (χ2v) is 4.15. The van der Waals surface area contributed by atoms with Gasteiger partial charge in [-0.1, -0.05) is 12.1 Å². The van der Waals surface area contributed by atoms with E-state index in [9.17, 15) is 4.79 Å². The van der Waals surface area contributed by atoms with Crippen LogP contribution in [0.15, 0.2) is 43.0 Å². The number of anilines is 1. The van der Waals surface area contributed by atoms with Crippen LogP contribution in [0.3, 0.4) is 0 Å². The normalized spacial score (nSPS) is 10.2. The first kappa shape index (κ1) is 13.1.